The fourth-order valence-corrected chi connectivity index (χ4v) is 2.06. The van der Waals surface area contributed by atoms with Crippen molar-refractivity contribution in [1.29, 1.82) is 0 Å². The smallest absolute Gasteiger partial charge is 0.338 e. The number of rotatable bonds is 5. The van der Waals surface area contributed by atoms with Crippen LogP contribution in [0.2, 0.25) is 5.02 Å². The van der Waals surface area contributed by atoms with Crippen molar-refractivity contribution >= 4 is 29.4 Å². The van der Waals surface area contributed by atoms with E-state index in [4.69, 9.17) is 21.1 Å². The van der Waals surface area contributed by atoms with Crippen LogP contribution in [0, 0.1) is 5.82 Å². The molecule has 0 heterocycles. The molecule has 0 aliphatic heterocycles. The number of carbonyl (C=O) groups is 3. The zero-order valence-corrected chi connectivity index (χ0v) is 14.3. The lowest BCUT2D eigenvalue weighted by Gasteiger charge is -2.11. The van der Waals surface area contributed by atoms with Crippen LogP contribution in [0.1, 0.15) is 20.7 Å². The van der Waals surface area contributed by atoms with E-state index in [0.717, 1.165) is 12.1 Å². The molecule has 7 nitrogen and oxygen atoms in total. The maximum atomic E-state index is 12.8. The third-order valence-corrected chi connectivity index (χ3v) is 3.37. The van der Waals surface area contributed by atoms with Gasteiger partial charge in [-0.25, -0.2) is 9.18 Å². The first-order chi connectivity index (χ1) is 12.4. The number of hydrogen-bond donors (Lipinski definition) is 2. The van der Waals surface area contributed by atoms with E-state index < -0.39 is 30.2 Å². The van der Waals surface area contributed by atoms with Crippen LogP contribution >= 0.6 is 11.6 Å². The molecule has 0 unspecified atom stereocenters. The Kier molecular flexibility index (Phi) is 6.51. The fourth-order valence-electron chi connectivity index (χ4n) is 1.89. The molecule has 0 radical (unpaired) electrons. The molecule has 0 saturated carbocycles. The Hall–Kier alpha value is -3.13. The number of methoxy groups -OCH3 is 1. The SMILES string of the molecule is COc1ccc(Cl)cc1C(=O)NNC(=O)COC(=O)c1ccc(F)cc1. The average molecular weight is 381 g/mol. The fraction of sp³-hybridized carbons (Fsp3) is 0.118. The Morgan fingerprint density at radius 2 is 1.77 bits per heavy atom. The normalized spacial score (nSPS) is 9.96. The molecular formula is C17H14ClFN2O5. The first kappa shape index (κ1) is 19.2. The summed E-state index contributed by atoms with van der Waals surface area (Å²) in [5.74, 6) is -2.47. The zero-order valence-electron chi connectivity index (χ0n) is 13.5. The number of halogens is 2. The lowest BCUT2D eigenvalue weighted by molar-refractivity contribution is -0.125. The summed E-state index contributed by atoms with van der Waals surface area (Å²) in [6.45, 7) is -0.636. The number of hydrazine groups is 1. The summed E-state index contributed by atoms with van der Waals surface area (Å²) in [4.78, 5) is 35.4. The maximum Gasteiger partial charge on any atom is 0.338 e. The molecule has 2 amide bonds. The summed E-state index contributed by atoms with van der Waals surface area (Å²) >= 11 is 5.83. The first-order valence-corrected chi connectivity index (χ1v) is 7.64. The third-order valence-electron chi connectivity index (χ3n) is 3.14. The Bertz CT molecular complexity index is 826. The van der Waals surface area contributed by atoms with Crippen molar-refractivity contribution in [3.05, 3.63) is 64.4 Å². The van der Waals surface area contributed by atoms with E-state index in [2.05, 4.69) is 10.9 Å². The van der Waals surface area contributed by atoms with Gasteiger partial charge in [-0.05, 0) is 42.5 Å². The van der Waals surface area contributed by atoms with Gasteiger partial charge in [-0.1, -0.05) is 11.6 Å². The Balaban J connectivity index is 1.85. The van der Waals surface area contributed by atoms with Crippen LogP contribution in [0.5, 0.6) is 5.75 Å². The van der Waals surface area contributed by atoms with E-state index in [-0.39, 0.29) is 16.9 Å². The van der Waals surface area contributed by atoms with Crippen LogP contribution < -0.4 is 15.6 Å². The summed E-state index contributed by atoms with van der Waals surface area (Å²) in [6, 6.07) is 9.06. The predicted molar refractivity (Wildman–Crippen MR) is 90.3 cm³/mol. The number of esters is 1. The minimum atomic E-state index is -0.803. The van der Waals surface area contributed by atoms with Gasteiger partial charge in [0, 0.05) is 5.02 Å². The van der Waals surface area contributed by atoms with Crippen LogP contribution in [0.3, 0.4) is 0 Å². The average Bonchev–Trinajstić information content (AvgIpc) is 2.64. The second kappa shape index (κ2) is 8.82. The van der Waals surface area contributed by atoms with Gasteiger partial charge in [-0.2, -0.15) is 0 Å². The molecule has 0 saturated heterocycles. The van der Waals surface area contributed by atoms with Gasteiger partial charge in [-0.3, -0.25) is 20.4 Å². The van der Waals surface area contributed by atoms with Crippen LogP contribution in [-0.4, -0.2) is 31.5 Å². The molecule has 0 fully saturated rings. The van der Waals surface area contributed by atoms with Crippen molar-refractivity contribution in [2.45, 2.75) is 0 Å². The molecule has 9 heteroatoms. The van der Waals surface area contributed by atoms with E-state index in [0.29, 0.717) is 5.02 Å². The quantitative estimate of drug-likeness (QED) is 0.612. The lowest BCUT2D eigenvalue weighted by Crippen LogP contribution is -2.43. The molecule has 2 rings (SSSR count). The van der Waals surface area contributed by atoms with Gasteiger partial charge in [0.15, 0.2) is 6.61 Å². The van der Waals surface area contributed by atoms with Crippen LogP contribution in [0.4, 0.5) is 4.39 Å². The van der Waals surface area contributed by atoms with Crippen molar-refractivity contribution in [1.82, 2.24) is 10.9 Å². The van der Waals surface area contributed by atoms with Gasteiger partial charge in [0.25, 0.3) is 11.8 Å². The Morgan fingerprint density at radius 3 is 2.42 bits per heavy atom. The summed E-state index contributed by atoms with van der Waals surface area (Å²) in [5, 5.41) is 0.315. The highest BCUT2D eigenvalue weighted by Gasteiger charge is 2.15. The monoisotopic (exact) mass is 380 g/mol. The molecular weight excluding hydrogens is 367 g/mol. The largest absolute Gasteiger partial charge is 0.496 e. The third kappa shape index (κ3) is 5.18. The zero-order chi connectivity index (χ0) is 19.1. The van der Waals surface area contributed by atoms with E-state index in [9.17, 15) is 18.8 Å². The standard InChI is InChI=1S/C17H14ClFN2O5/c1-25-14-7-4-11(18)8-13(14)16(23)21-20-15(22)9-26-17(24)10-2-5-12(19)6-3-10/h2-8H,9H2,1H3,(H,20,22)(H,21,23). The van der Waals surface area contributed by atoms with E-state index in [1.54, 1.807) is 6.07 Å². The number of ether oxygens (including phenoxy) is 2. The minimum Gasteiger partial charge on any atom is -0.496 e. The van der Waals surface area contributed by atoms with Gasteiger partial charge in [0.1, 0.15) is 11.6 Å². The van der Waals surface area contributed by atoms with Crippen LogP contribution in [0.15, 0.2) is 42.5 Å². The molecule has 2 N–H and O–H groups in total. The number of benzene rings is 2. The molecule has 26 heavy (non-hydrogen) atoms. The topological polar surface area (TPSA) is 93.7 Å². The first-order valence-electron chi connectivity index (χ1n) is 7.26. The van der Waals surface area contributed by atoms with Crippen LogP contribution in [-0.2, 0) is 9.53 Å². The molecule has 0 atom stereocenters. The van der Waals surface area contributed by atoms with Crippen LogP contribution in [0.25, 0.3) is 0 Å². The number of nitrogens with one attached hydrogen (secondary N) is 2. The van der Waals surface area contributed by atoms with E-state index >= 15 is 0 Å². The summed E-state index contributed by atoms with van der Waals surface area (Å²) in [7, 11) is 1.38. The van der Waals surface area contributed by atoms with Gasteiger partial charge < -0.3 is 9.47 Å². The van der Waals surface area contributed by atoms with E-state index in [1.807, 2.05) is 0 Å². The van der Waals surface area contributed by atoms with Crippen molar-refractivity contribution in [2.75, 3.05) is 13.7 Å². The van der Waals surface area contributed by atoms with Gasteiger partial charge in [0.05, 0.1) is 18.2 Å². The molecule has 0 bridgehead atoms. The second-order valence-corrected chi connectivity index (χ2v) is 5.37. The molecule has 0 spiro atoms. The molecule has 2 aromatic carbocycles. The second-order valence-electron chi connectivity index (χ2n) is 4.93. The minimum absolute atomic E-state index is 0.0897. The Morgan fingerprint density at radius 1 is 1.08 bits per heavy atom. The number of carbonyl (C=O) groups excluding carboxylic acids is 3. The van der Waals surface area contributed by atoms with E-state index in [1.165, 1.54) is 31.4 Å². The summed E-state index contributed by atoms with van der Waals surface area (Å²) in [5.41, 5.74) is 4.45. The Labute approximate surface area is 153 Å². The maximum absolute atomic E-state index is 12.8. The number of amides is 2. The highest BCUT2D eigenvalue weighted by molar-refractivity contribution is 6.31. The molecule has 0 aliphatic carbocycles. The van der Waals surface area contributed by atoms with Gasteiger partial charge >= 0.3 is 5.97 Å². The summed E-state index contributed by atoms with van der Waals surface area (Å²) < 4.78 is 22.6. The predicted octanol–water partition coefficient (Wildman–Crippen LogP) is 2.11. The van der Waals surface area contributed by atoms with Crippen molar-refractivity contribution in [3.8, 4) is 5.75 Å². The highest BCUT2D eigenvalue weighted by atomic mass is 35.5. The summed E-state index contributed by atoms with van der Waals surface area (Å²) in [6.07, 6.45) is 0. The molecule has 0 aliphatic rings. The molecule has 136 valence electrons. The molecule has 0 aromatic heterocycles. The van der Waals surface area contributed by atoms with Crippen molar-refractivity contribution in [2.24, 2.45) is 0 Å². The van der Waals surface area contributed by atoms with Crippen molar-refractivity contribution < 1.29 is 28.2 Å². The lowest BCUT2D eigenvalue weighted by atomic mass is 10.2. The number of hydrogen-bond acceptors (Lipinski definition) is 5. The molecule has 2 aromatic rings. The van der Waals surface area contributed by atoms with Gasteiger partial charge in [0.2, 0.25) is 0 Å². The van der Waals surface area contributed by atoms with Gasteiger partial charge in [-0.15, -0.1) is 0 Å². The van der Waals surface area contributed by atoms with Crippen molar-refractivity contribution in [3.63, 3.8) is 0 Å². The highest BCUT2D eigenvalue weighted by Crippen LogP contribution is 2.22.